The molecular formula is C22H18N6O4S. The van der Waals surface area contributed by atoms with Gasteiger partial charge in [0, 0.05) is 23.4 Å². The van der Waals surface area contributed by atoms with Crippen LogP contribution < -0.4 is 5.43 Å². The predicted octanol–water partition coefficient (Wildman–Crippen LogP) is 3.99. The molecule has 0 aliphatic carbocycles. The van der Waals surface area contributed by atoms with Gasteiger partial charge >= 0.3 is 0 Å². The first-order chi connectivity index (χ1) is 16.0. The molecule has 2 heterocycles. The summed E-state index contributed by atoms with van der Waals surface area (Å²) in [4.78, 5) is 22.5. The van der Waals surface area contributed by atoms with Gasteiger partial charge in [0.1, 0.15) is 17.3 Å². The average molecular weight is 462 g/mol. The largest absolute Gasteiger partial charge is 0.455 e. The summed E-state index contributed by atoms with van der Waals surface area (Å²) in [6, 6.07) is 19.1. The van der Waals surface area contributed by atoms with Crippen molar-refractivity contribution in [1.82, 2.24) is 20.2 Å². The zero-order valence-electron chi connectivity index (χ0n) is 17.4. The second kappa shape index (κ2) is 9.92. The average Bonchev–Trinajstić information content (AvgIpc) is 3.45. The highest BCUT2D eigenvalue weighted by Crippen LogP contribution is 2.24. The van der Waals surface area contributed by atoms with Gasteiger partial charge in [0.25, 0.3) is 11.6 Å². The molecule has 2 aromatic heterocycles. The summed E-state index contributed by atoms with van der Waals surface area (Å²) >= 11 is 1.25. The zero-order valence-corrected chi connectivity index (χ0v) is 18.2. The number of nitro groups is 1. The van der Waals surface area contributed by atoms with Gasteiger partial charge in [0.2, 0.25) is 0 Å². The molecule has 0 unspecified atom stereocenters. The number of hydrazone groups is 1. The lowest BCUT2D eigenvalue weighted by Gasteiger charge is -2.07. The fraction of sp³-hybridized carbons (Fsp3) is 0.0909. The van der Waals surface area contributed by atoms with Gasteiger partial charge in [-0.25, -0.2) is 5.43 Å². The Balaban J connectivity index is 1.32. The third kappa shape index (κ3) is 5.33. The molecule has 4 rings (SSSR count). The van der Waals surface area contributed by atoms with Crippen LogP contribution in [0, 0.1) is 17.0 Å². The maximum Gasteiger partial charge on any atom is 0.269 e. The highest BCUT2D eigenvalue weighted by molar-refractivity contribution is 7.99. The number of aryl methyl sites for hydroxylation is 1. The molecule has 1 N–H and O–H groups in total. The normalized spacial score (nSPS) is 11.1. The quantitative estimate of drug-likeness (QED) is 0.181. The van der Waals surface area contributed by atoms with E-state index in [1.165, 1.54) is 30.1 Å². The van der Waals surface area contributed by atoms with Crippen LogP contribution in [0.3, 0.4) is 0 Å². The lowest BCUT2D eigenvalue weighted by atomic mass is 10.1. The molecule has 0 aliphatic heterocycles. The van der Waals surface area contributed by atoms with Gasteiger partial charge in [-0.2, -0.15) is 5.10 Å². The van der Waals surface area contributed by atoms with Crippen molar-refractivity contribution >= 4 is 29.6 Å². The van der Waals surface area contributed by atoms with Gasteiger partial charge in [-0.15, -0.1) is 10.2 Å². The summed E-state index contributed by atoms with van der Waals surface area (Å²) in [6.45, 7) is 1.85. The van der Waals surface area contributed by atoms with Crippen molar-refractivity contribution in [2.24, 2.45) is 5.10 Å². The van der Waals surface area contributed by atoms with Crippen molar-refractivity contribution in [2.75, 3.05) is 5.75 Å². The number of thioether (sulfide) groups is 1. The van der Waals surface area contributed by atoms with E-state index < -0.39 is 4.92 Å². The van der Waals surface area contributed by atoms with Crippen molar-refractivity contribution in [2.45, 2.75) is 12.1 Å². The zero-order chi connectivity index (χ0) is 23.2. The van der Waals surface area contributed by atoms with Crippen LogP contribution in [0.4, 0.5) is 5.69 Å². The fourth-order valence-corrected chi connectivity index (χ4v) is 3.76. The molecule has 11 heteroatoms. The Morgan fingerprint density at radius 3 is 2.64 bits per heavy atom. The van der Waals surface area contributed by atoms with Crippen LogP contribution in [0.15, 0.2) is 81.4 Å². The smallest absolute Gasteiger partial charge is 0.269 e. The van der Waals surface area contributed by atoms with Crippen molar-refractivity contribution in [3.8, 4) is 17.0 Å². The van der Waals surface area contributed by atoms with Gasteiger partial charge < -0.3 is 4.42 Å². The Labute approximate surface area is 192 Å². The Morgan fingerprint density at radius 1 is 1.15 bits per heavy atom. The van der Waals surface area contributed by atoms with E-state index in [9.17, 15) is 14.9 Å². The molecule has 0 spiro atoms. The van der Waals surface area contributed by atoms with Gasteiger partial charge in [-0.1, -0.05) is 30.0 Å². The lowest BCUT2D eigenvalue weighted by Crippen LogP contribution is -2.19. The van der Waals surface area contributed by atoms with Crippen molar-refractivity contribution in [3.05, 3.63) is 88.4 Å². The molecule has 10 nitrogen and oxygen atoms in total. The molecule has 4 aromatic rings. The number of rotatable bonds is 8. The first-order valence-corrected chi connectivity index (χ1v) is 10.8. The number of amides is 1. The Hall–Kier alpha value is -4.25. The number of benzene rings is 2. The maximum atomic E-state index is 12.2. The third-order valence-corrected chi connectivity index (χ3v) is 5.44. The maximum absolute atomic E-state index is 12.2. The first-order valence-electron chi connectivity index (χ1n) is 9.78. The molecule has 0 radical (unpaired) electrons. The monoisotopic (exact) mass is 462 g/mol. The standard InChI is InChI=1S/C22H18N6O4S/c1-15-24-26-22(27(15)17-5-3-2-4-6-17)33-14-21(29)25-23-13-19-11-12-20(32-19)16-7-9-18(10-8-16)28(30)31/h2-13H,14H2,1H3,(H,25,29). The van der Waals surface area contributed by atoms with E-state index in [1.807, 2.05) is 41.8 Å². The molecule has 0 atom stereocenters. The second-order valence-corrected chi connectivity index (χ2v) is 7.73. The molecular weight excluding hydrogens is 444 g/mol. The molecule has 0 saturated carbocycles. The highest BCUT2D eigenvalue weighted by atomic mass is 32.2. The van der Waals surface area contributed by atoms with Crippen molar-refractivity contribution in [1.29, 1.82) is 0 Å². The number of furan rings is 1. The minimum atomic E-state index is -0.461. The first kappa shape index (κ1) is 22.0. The van der Waals surface area contributed by atoms with E-state index in [4.69, 9.17) is 4.42 Å². The van der Waals surface area contributed by atoms with Crippen molar-refractivity contribution < 1.29 is 14.1 Å². The van der Waals surface area contributed by atoms with Crippen LogP contribution in [-0.4, -0.2) is 37.6 Å². The number of nitrogens with one attached hydrogen (secondary N) is 1. The van der Waals surface area contributed by atoms with Crippen LogP contribution in [0.1, 0.15) is 11.6 Å². The number of nitro benzene ring substituents is 1. The topological polar surface area (TPSA) is 128 Å². The number of carbonyl (C=O) groups excluding carboxylic acids is 1. The molecule has 0 saturated heterocycles. The van der Waals surface area contributed by atoms with Crippen LogP contribution in [-0.2, 0) is 4.79 Å². The fourth-order valence-electron chi connectivity index (χ4n) is 2.97. The number of para-hydroxylation sites is 1. The SMILES string of the molecule is Cc1nnc(SCC(=O)NN=Cc2ccc(-c3ccc([N+](=O)[O-])cc3)o2)n1-c1ccccc1. The van der Waals surface area contributed by atoms with Gasteiger partial charge in [0.05, 0.1) is 16.9 Å². The van der Waals surface area contributed by atoms with Gasteiger partial charge in [-0.05, 0) is 43.3 Å². The summed E-state index contributed by atoms with van der Waals surface area (Å²) in [7, 11) is 0. The van der Waals surface area contributed by atoms with E-state index in [0.717, 1.165) is 11.5 Å². The molecule has 1 amide bonds. The minimum Gasteiger partial charge on any atom is -0.455 e. The van der Waals surface area contributed by atoms with Crippen LogP contribution in [0.25, 0.3) is 17.0 Å². The molecule has 0 fully saturated rings. The predicted molar refractivity (Wildman–Crippen MR) is 123 cm³/mol. The second-order valence-electron chi connectivity index (χ2n) is 6.79. The Bertz CT molecular complexity index is 1300. The highest BCUT2D eigenvalue weighted by Gasteiger charge is 2.13. The van der Waals surface area contributed by atoms with E-state index >= 15 is 0 Å². The number of carbonyl (C=O) groups is 1. The Morgan fingerprint density at radius 2 is 1.91 bits per heavy atom. The number of aromatic nitrogens is 3. The molecule has 0 aliphatic rings. The van der Waals surface area contributed by atoms with Gasteiger partial charge in [-0.3, -0.25) is 19.5 Å². The number of hydrogen-bond donors (Lipinski definition) is 1. The number of hydrogen-bond acceptors (Lipinski definition) is 8. The third-order valence-electron chi connectivity index (χ3n) is 4.51. The minimum absolute atomic E-state index is 0.00449. The van der Waals surface area contributed by atoms with E-state index in [0.29, 0.717) is 22.2 Å². The Kier molecular flexibility index (Phi) is 6.60. The summed E-state index contributed by atoms with van der Waals surface area (Å²) in [5.74, 6) is 1.48. The van der Waals surface area contributed by atoms with Crippen LogP contribution >= 0.6 is 11.8 Å². The number of nitrogens with zero attached hydrogens (tertiary/aromatic N) is 5. The molecule has 166 valence electrons. The number of non-ortho nitro benzene ring substituents is 1. The van der Waals surface area contributed by atoms with Gasteiger partial charge in [0.15, 0.2) is 5.16 Å². The van der Waals surface area contributed by atoms with Crippen LogP contribution in [0.2, 0.25) is 0 Å². The van der Waals surface area contributed by atoms with Crippen molar-refractivity contribution in [3.63, 3.8) is 0 Å². The molecule has 2 aromatic carbocycles. The van der Waals surface area contributed by atoms with E-state index in [-0.39, 0.29) is 17.3 Å². The molecule has 33 heavy (non-hydrogen) atoms. The van der Waals surface area contributed by atoms with Crippen LogP contribution in [0.5, 0.6) is 0 Å². The van der Waals surface area contributed by atoms with E-state index in [1.54, 1.807) is 24.3 Å². The summed E-state index contributed by atoms with van der Waals surface area (Å²) < 4.78 is 7.53. The lowest BCUT2D eigenvalue weighted by molar-refractivity contribution is -0.384. The van der Waals surface area contributed by atoms with E-state index in [2.05, 4.69) is 20.7 Å². The summed E-state index contributed by atoms with van der Waals surface area (Å²) in [5.41, 5.74) is 4.07. The summed E-state index contributed by atoms with van der Waals surface area (Å²) in [6.07, 6.45) is 1.38. The molecule has 0 bridgehead atoms. The summed E-state index contributed by atoms with van der Waals surface area (Å²) in [5, 5.41) is 23.5.